The molecule has 58 heteroatoms. The smallest absolute Gasteiger partial charge is 0.333 e. The van der Waals surface area contributed by atoms with Crippen LogP contribution in [0.3, 0.4) is 0 Å². The van der Waals surface area contributed by atoms with Gasteiger partial charge in [0.15, 0.2) is 0 Å². The number of anilines is 8. The molecular weight excluding hydrogens is 2290 g/mol. The second-order valence-corrected chi connectivity index (χ2v) is 48.3. The summed E-state index contributed by atoms with van der Waals surface area (Å²) in [5.41, 5.74) is 0.255. The summed E-state index contributed by atoms with van der Waals surface area (Å²) in [6, 6.07) is 41.1. The Morgan fingerprint density at radius 1 is 0.363 bits per heavy atom. The van der Waals surface area contributed by atoms with Crippen LogP contribution in [0, 0.1) is 5.92 Å². The first-order valence-corrected chi connectivity index (χ1v) is 55.1. The predicted molar refractivity (Wildman–Crippen MR) is 580 cm³/mol. The number of carbonyl (C=O) groups excluding carboxylic acids is 4. The van der Waals surface area contributed by atoms with Gasteiger partial charge in [0.1, 0.15) is 16.8 Å². The second kappa shape index (κ2) is 46.1. The fourth-order valence-electron chi connectivity index (χ4n) is 13.7. The van der Waals surface area contributed by atoms with Crippen LogP contribution in [0.5, 0.6) is 0 Å². The Bertz CT molecular complexity index is 8960. The van der Waals surface area contributed by atoms with Crippen molar-refractivity contribution in [2.45, 2.75) is 43.0 Å². The maximum atomic E-state index is 13.2. The van der Waals surface area contributed by atoms with Crippen molar-refractivity contribution in [3.63, 3.8) is 0 Å². The van der Waals surface area contributed by atoms with Crippen LogP contribution in [0.15, 0.2) is 248 Å². The van der Waals surface area contributed by atoms with E-state index in [1.54, 1.807) is 73.8 Å². The van der Waals surface area contributed by atoms with Crippen molar-refractivity contribution >= 4 is 307 Å². The molecule has 1 saturated carbocycles. The number of H-pyrrole nitrogens is 4. The first-order valence-electron chi connectivity index (χ1n) is 42.1. The zero-order valence-electron chi connectivity index (χ0n) is 75.0. The number of sulfonamides is 4. The van der Waals surface area contributed by atoms with Crippen LogP contribution < -0.4 is 106 Å². The zero-order valence-corrected chi connectivity index (χ0v) is 89.2. The Balaban J connectivity index is 0.000000154. The quantitative estimate of drug-likeness (QED) is 0.0227. The number of aromatic amines is 4. The lowest BCUT2D eigenvalue weighted by Crippen LogP contribution is -2.34. The number of aromatic nitrogens is 8. The van der Waals surface area contributed by atoms with Crippen LogP contribution in [0.2, 0.25) is 37.4 Å². The van der Waals surface area contributed by atoms with Crippen LogP contribution in [0.1, 0.15) is 26.2 Å². The van der Waals surface area contributed by atoms with E-state index in [0.717, 1.165) is 107 Å². The van der Waals surface area contributed by atoms with Gasteiger partial charge in [0, 0.05) is 77.5 Å². The highest BCUT2D eigenvalue weighted by molar-refractivity contribution is 9.10. The van der Waals surface area contributed by atoms with Crippen LogP contribution >= 0.6 is 154 Å². The van der Waals surface area contributed by atoms with Crippen molar-refractivity contribution in [2.75, 3.05) is 89.9 Å². The van der Waals surface area contributed by atoms with Crippen LogP contribution in [0.4, 0.5) is 64.7 Å². The molecule has 16 N–H and O–H groups in total. The molecule has 0 radical (unpaired) electrons. The number of amides is 8. The number of hydrogen-bond donors (Lipinski definition) is 16. The van der Waals surface area contributed by atoms with Gasteiger partial charge in [-0.3, -0.25) is 19.2 Å². The molecule has 1 aliphatic carbocycles. The summed E-state index contributed by atoms with van der Waals surface area (Å²) in [6.45, 7) is 5.10. The third kappa shape index (κ3) is 26.4. The molecule has 8 aromatic carbocycles. The van der Waals surface area contributed by atoms with E-state index in [0.29, 0.717) is 50.1 Å². The first-order chi connectivity index (χ1) is 69.1. The molecular formula is C88H74BrCl8N21O20S8. The molecule has 762 valence electrons. The van der Waals surface area contributed by atoms with Gasteiger partial charge in [-0.15, -0.1) is 45.3 Å². The molecule has 0 saturated heterocycles. The van der Waals surface area contributed by atoms with Crippen molar-refractivity contribution in [3.8, 4) is 22.7 Å². The van der Waals surface area contributed by atoms with Crippen molar-refractivity contribution in [2.24, 2.45) is 5.92 Å². The SMILES string of the molecule is CCCNc1ccc2c(=O)n(-c3ccc(NC(=O)NS(=O)(=O)c4ccc(Cl)s4)cc3Cl)c(=O)[nH]c2c1.CN(C)CCNc1ccc2c(=O)n(-c3ccc(NC(=O)NS(=O)(=O)c4ccc(Cl)s4)cc3Cl)c(=O)[nH]c2c1.CNc1cc2[nH]c(=O)n(-c3ccc(NC(=O)NS(=O)(=O)c4ccc(Cl)s4)cc3Cl)c(=O)c2cc1Br.O=C(Nc1ccc(-n2c(=O)[nH]c3cc(NCC4CC4)ccc3c2=O)c(Cl)c1)NS(=O)(=O)c1ccc(Cl)s1. The Morgan fingerprint density at radius 2 is 0.637 bits per heavy atom. The molecule has 0 bridgehead atoms. The van der Waals surface area contributed by atoms with Gasteiger partial charge in [0.25, 0.3) is 62.3 Å². The highest BCUT2D eigenvalue weighted by atomic mass is 79.9. The maximum absolute atomic E-state index is 13.2. The fraction of sp³-hybridized carbons (Fsp3) is 0.136. The number of urea groups is 4. The number of rotatable bonds is 27. The summed E-state index contributed by atoms with van der Waals surface area (Å²) in [5.74, 6) is 0.665. The van der Waals surface area contributed by atoms with E-state index in [4.69, 9.17) is 92.8 Å². The average molecular weight is 2370 g/mol. The standard InChI is InChI=1S/C23H22Cl2N6O5S2.C23H19Cl2N5O5S2.C22H19Cl2N5O5S2.C20H14BrCl2N5O5S2/c1-30(2)10-9-26-13-3-5-15-17(12-13)28-23(34)31(21(15)32)18-6-4-14(11-16(18)24)27-22(33)29-38(35,36)20-8-7-19(25)37-20;24-16-9-14(27-22(32)29-37(34,35)20-8-7-19(25)36-20)4-6-18(16)30-21(31)15-5-3-13(26-11-12-1-2-12)10-17(15)28-23(30)33;1-2-9-25-12-3-5-14-16(11-12)27-22(32)29(20(14)30)17-6-4-13(10-15(17)23)26-21(31)28-36(33,34)19-8-7-18(24)35-19;1-24-14-8-13-10(7-11(14)21)18(29)28(20(31)26-13)15-3-2-9(6-12(15)22)25-19(30)27-35(32,33)17-5-4-16(23)34-17/h3-8,11-12,26H,9-10H2,1-2H3,(H,28,34)(H2,27,29,33);3-10,12,26H,1-2,11H2,(H,28,33)(H2,27,29,32);3-8,10-11,25H,2,9H2,1H3,(H,27,32)(H2,26,28,31);2-8,24H,1H3,(H,26,31)(H2,25,27,30). The van der Waals surface area contributed by atoms with Gasteiger partial charge in [0.2, 0.25) is 0 Å². The van der Waals surface area contributed by atoms with Gasteiger partial charge in [-0.05, 0) is 243 Å². The Labute approximate surface area is 888 Å². The molecule has 8 aromatic heterocycles. The van der Waals surface area contributed by atoms with Gasteiger partial charge in [-0.1, -0.05) is 99.7 Å². The molecule has 8 heterocycles. The normalized spacial score (nSPS) is 12.0. The van der Waals surface area contributed by atoms with Gasteiger partial charge < -0.3 is 67.4 Å². The second-order valence-electron chi connectivity index (χ2n) is 31.3. The maximum Gasteiger partial charge on any atom is 0.333 e. The summed E-state index contributed by atoms with van der Waals surface area (Å²) in [5, 5.41) is 23.1. The van der Waals surface area contributed by atoms with Crippen molar-refractivity contribution in [3.05, 3.63) is 313 Å². The van der Waals surface area contributed by atoms with E-state index in [9.17, 15) is 91.2 Å². The molecule has 0 atom stereocenters. The molecule has 0 spiro atoms. The largest absolute Gasteiger partial charge is 0.387 e. The minimum Gasteiger partial charge on any atom is -0.387 e. The van der Waals surface area contributed by atoms with E-state index < -0.39 is 109 Å². The number of nitrogens with zero attached hydrogens (tertiary/aromatic N) is 5. The van der Waals surface area contributed by atoms with Crippen molar-refractivity contribution in [1.82, 2.24) is 62.0 Å². The molecule has 1 aliphatic rings. The topological polar surface area (TPSA) is 572 Å². The number of carbonyl (C=O) groups is 4. The monoisotopic (exact) mass is 2360 g/mol. The molecule has 0 aliphatic heterocycles. The lowest BCUT2D eigenvalue weighted by molar-refractivity contribution is 0.255. The first kappa shape index (κ1) is 109. The number of fused-ring (bicyclic) bond motifs is 4. The van der Waals surface area contributed by atoms with Gasteiger partial charge in [0.05, 0.1) is 109 Å². The number of halogens is 9. The zero-order chi connectivity index (χ0) is 105. The summed E-state index contributed by atoms with van der Waals surface area (Å²) in [6.07, 6.45) is 3.32. The van der Waals surface area contributed by atoms with Crippen molar-refractivity contribution < 1.29 is 52.8 Å². The van der Waals surface area contributed by atoms with Crippen LogP contribution in [0.25, 0.3) is 66.4 Å². The highest BCUT2D eigenvalue weighted by Gasteiger charge is 2.29. The Hall–Kier alpha value is -12.8. The minimum atomic E-state index is -4.12. The van der Waals surface area contributed by atoms with Crippen LogP contribution in [-0.2, 0) is 40.1 Å². The van der Waals surface area contributed by atoms with Gasteiger partial charge in [-0.2, -0.15) is 0 Å². The molecule has 146 heavy (non-hydrogen) atoms. The number of nitrogens with one attached hydrogen (secondary N) is 16. The third-order valence-corrected chi connectivity index (χ3v) is 34.7. The van der Waals surface area contributed by atoms with E-state index in [1.807, 2.05) is 44.8 Å². The molecule has 0 unspecified atom stereocenters. The summed E-state index contributed by atoms with van der Waals surface area (Å²) >= 11 is 54.9. The van der Waals surface area contributed by atoms with E-state index in [1.165, 1.54) is 134 Å². The lowest BCUT2D eigenvalue weighted by atomic mass is 10.2. The molecule has 1 fully saturated rings. The number of hydrogen-bond acceptors (Lipinski definition) is 29. The molecule has 8 amide bonds. The van der Waals surface area contributed by atoms with Gasteiger partial charge in [-0.25, -0.2) is 109 Å². The average Bonchev–Trinajstić information content (AvgIpc) is 0.829. The van der Waals surface area contributed by atoms with E-state index >= 15 is 0 Å². The summed E-state index contributed by atoms with van der Waals surface area (Å²) < 4.78 is 110. The highest BCUT2D eigenvalue weighted by Crippen LogP contribution is 2.35. The Kier molecular flexibility index (Phi) is 34.4. The fourth-order valence-corrected chi connectivity index (χ4v) is 24.9. The summed E-state index contributed by atoms with van der Waals surface area (Å²) in [7, 11) is -10.9. The van der Waals surface area contributed by atoms with Crippen LogP contribution in [-0.4, -0.2) is 148 Å². The van der Waals surface area contributed by atoms with Gasteiger partial charge >= 0.3 is 46.9 Å². The molecule has 16 aromatic rings. The lowest BCUT2D eigenvalue weighted by Gasteiger charge is -2.13. The molecule has 17 rings (SSSR count). The number of likely N-dealkylation sites (N-methyl/N-ethyl adjacent to an activating group) is 1. The van der Waals surface area contributed by atoms with E-state index in [-0.39, 0.29) is 116 Å². The Morgan fingerprint density at radius 3 is 0.897 bits per heavy atom. The predicted octanol–water partition coefficient (Wildman–Crippen LogP) is 16.7. The summed E-state index contributed by atoms with van der Waals surface area (Å²) in [4.78, 5) is 165. The van der Waals surface area contributed by atoms with E-state index in [2.05, 4.69) is 78.4 Å². The van der Waals surface area contributed by atoms with Crippen molar-refractivity contribution in [1.29, 1.82) is 0 Å². The third-order valence-electron chi connectivity index (χ3n) is 20.7. The number of thiophene rings is 4. The molecule has 41 nitrogen and oxygen atoms in total. The minimum absolute atomic E-state index is 0.0136. The number of benzene rings is 8.